The van der Waals surface area contributed by atoms with Gasteiger partial charge in [-0.2, -0.15) is 0 Å². The summed E-state index contributed by atoms with van der Waals surface area (Å²) in [6, 6.07) is 2.08. The molecule has 1 aromatic heterocycles. The maximum Gasteiger partial charge on any atom is 0.251 e. The minimum Gasteiger partial charge on any atom is -0.314 e. The highest BCUT2D eigenvalue weighted by Crippen LogP contribution is 2.10. The predicted octanol–water partition coefficient (Wildman–Crippen LogP) is 1.81. The van der Waals surface area contributed by atoms with E-state index in [1.807, 2.05) is 0 Å². The van der Waals surface area contributed by atoms with Gasteiger partial charge in [-0.15, -0.1) is 0 Å². The van der Waals surface area contributed by atoms with E-state index < -0.39 is 0 Å². The molecule has 0 bridgehead atoms. The van der Waals surface area contributed by atoms with Crippen molar-refractivity contribution in [1.82, 2.24) is 15.3 Å². The molecule has 0 radical (unpaired) electrons. The number of rotatable bonds is 7. The van der Waals surface area contributed by atoms with E-state index >= 15 is 0 Å². The van der Waals surface area contributed by atoms with Crippen molar-refractivity contribution in [2.75, 3.05) is 12.3 Å². The summed E-state index contributed by atoms with van der Waals surface area (Å²) in [5.74, 6) is 0.913. The molecule has 0 saturated heterocycles. The van der Waals surface area contributed by atoms with E-state index in [1.54, 1.807) is 17.8 Å². The molecule has 2 N–H and O–H groups in total. The number of hydrogen-bond donors (Lipinski definition) is 2. The molecule has 96 valence electrons. The summed E-state index contributed by atoms with van der Waals surface area (Å²) in [7, 11) is 0. The molecule has 0 aliphatic carbocycles. The van der Waals surface area contributed by atoms with E-state index in [-0.39, 0.29) is 5.56 Å². The van der Waals surface area contributed by atoms with E-state index in [2.05, 4.69) is 36.1 Å². The van der Waals surface area contributed by atoms with Gasteiger partial charge < -0.3 is 10.3 Å². The summed E-state index contributed by atoms with van der Waals surface area (Å²) in [5.41, 5.74) is 0.832. The van der Waals surface area contributed by atoms with Crippen LogP contribution in [0.5, 0.6) is 0 Å². The lowest BCUT2D eigenvalue weighted by Gasteiger charge is -2.07. The third-order valence-electron chi connectivity index (χ3n) is 2.17. The Hall–Kier alpha value is -0.810. The largest absolute Gasteiger partial charge is 0.314 e. The van der Waals surface area contributed by atoms with Crippen LogP contribution in [0.3, 0.4) is 0 Å². The van der Waals surface area contributed by atoms with Gasteiger partial charge in [0.25, 0.3) is 5.56 Å². The highest BCUT2D eigenvalue weighted by molar-refractivity contribution is 7.99. The smallest absolute Gasteiger partial charge is 0.251 e. The van der Waals surface area contributed by atoms with Crippen molar-refractivity contribution in [2.45, 2.75) is 44.8 Å². The Bertz CT molecular complexity index is 390. The van der Waals surface area contributed by atoms with Crippen molar-refractivity contribution < 1.29 is 0 Å². The number of aromatic amines is 1. The summed E-state index contributed by atoms with van der Waals surface area (Å²) in [6.45, 7) is 7.24. The van der Waals surface area contributed by atoms with E-state index in [9.17, 15) is 4.79 Å². The zero-order valence-corrected chi connectivity index (χ0v) is 11.6. The van der Waals surface area contributed by atoms with E-state index in [0.717, 1.165) is 36.0 Å². The summed E-state index contributed by atoms with van der Waals surface area (Å²) in [5, 5.41) is 4.06. The van der Waals surface area contributed by atoms with E-state index in [4.69, 9.17) is 0 Å². The maximum atomic E-state index is 11.4. The topological polar surface area (TPSA) is 57.8 Å². The maximum absolute atomic E-state index is 11.4. The van der Waals surface area contributed by atoms with Crippen LogP contribution < -0.4 is 10.9 Å². The van der Waals surface area contributed by atoms with Crippen LogP contribution in [0.25, 0.3) is 0 Å². The molecule has 0 fully saturated rings. The zero-order chi connectivity index (χ0) is 12.7. The minimum absolute atomic E-state index is 0.0530. The van der Waals surface area contributed by atoms with Crippen molar-refractivity contribution in [3.05, 3.63) is 22.1 Å². The van der Waals surface area contributed by atoms with Gasteiger partial charge in [-0.05, 0) is 6.42 Å². The zero-order valence-electron chi connectivity index (χ0n) is 10.7. The predicted molar refractivity (Wildman–Crippen MR) is 72.7 cm³/mol. The Kier molecular flexibility index (Phi) is 6.29. The lowest BCUT2D eigenvalue weighted by atomic mass is 10.2. The van der Waals surface area contributed by atoms with Crippen LogP contribution in [0.1, 0.15) is 32.9 Å². The lowest BCUT2D eigenvalue weighted by molar-refractivity contribution is 0.615. The first-order chi connectivity index (χ1) is 8.11. The number of hydrogen-bond acceptors (Lipinski definition) is 4. The molecule has 0 atom stereocenters. The number of aryl methyl sites for hydroxylation is 1. The highest BCUT2D eigenvalue weighted by atomic mass is 32.2. The third kappa shape index (κ3) is 5.89. The molecule has 0 unspecified atom stereocenters. The monoisotopic (exact) mass is 255 g/mol. The first-order valence-corrected chi connectivity index (χ1v) is 7.06. The Labute approximate surface area is 107 Å². The standard InChI is InChI=1S/C12H21N3OS/c1-4-5-10-8-11(16)15-12(14-10)17-7-6-13-9(2)3/h8-9,13H,4-7H2,1-3H3,(H,14,15,16). The molecule has 0 saturated carbocycles. The molecular weight excluding hydrogens is 234 g/mol. The molecule has 0 amide bonds. The Balaban J connectivity index is 2.50. The van der Waals surface area contributed by atoms with E-state index in [0.29, 0.717) is 6.04 Å². The van der Waals surface area contributed by atoms with Crippen molar-refractivity contribution in [3.63, 3.8) is 0 Å². The third-order valence-corrected chi connectivity index (χ3v) is 3.05. The van der Waals surface area contributed by atoms with Gasteiger partial charge in [-0.1, -0.05) is 39.0 Å². The molecule has 1 heterocycles. The molecule has 0 aliphatic rings. The summed E-state index contributed by atoms with van der Waals surface area (Å²) >= 11 is 1.59. The lowest BCUT2D eigenvalue weighted by Crippen LogP contribution is -2.25. The fourth-order valence-corrected chi connectivity index (χ4v) is 2.20. The van der Waals surface area contributed by atoms with Crippen LogP contribution in [-0.2, 0) is 6.42 Å². The number of thioether (sulfide) groups is 1. The molecule has 17 heavy (non-hydrogen) atoms. The SMILES string of the molecule is CCCc1cc(=O)[nH]c(SCCNC(C)C)n1. The first-order valence-electron chi connectivity index (χ1n) is 6.08. The second kappa shape index (κ2) is 7.50. The van der Waals surface area contributed by atoms with Crippen molar-refractivity contribution >= 4 is 11.8 Å². The van der Waals surface area contributed by atoms with Crippen molar-refractivity contribution in [3.8, 4) is 0 Å². The van der Waals surface area contributed by atoms with Gasteiger partial charge in [-0.25, -0.2) is 4.98 Å². The summed E-state index contributed by atoms with van der Waals surface area (Å²) in [6.07, 6.45) is 1.87. The van der Waals surface area contributed by atoms with Gasteiger partial charge in [0.2, 0.25) is 0 Å². The summed E-state index contributed by atoms with van der Waals surface area (Å²) in [4.78, 5) is 18.6. The second-order valence-electron chi connectivity index (χ2n) is 4.25. The van der Waals surface area contributed by atoms with Crippen molar-refractivity contribution in [2.24, 2.45) is 0 Å². The normalized spacial score (nSPS) is 11.1. The summed E-state index contributed by atoms with van der Waals surface area (Å²) < 4.78 is 0. The van der Waals surface area contributed by atoms with Crippen molar-refractivity contribution in [1.29, 1.82) is 0 Å². The average Bonchev–Trinajstić information content (AvgIpc) is 2.24. The number of H-pyrrole nitrogens is 1. The Morgan fingerprint density at radius 3 is 2.94 bits per heavy atom. The molecule has 1 rings (SSSR count). The highest BCUT2D eigenvalue weighted by Gasteiger charge is 2.01. The molecule has 5 heteroatoms. The minimum atomic E-state index is -0.0530. The quantitative estimate of drug-likeness (QED) is 0.443. The van der Waals surface area contributed by atoms with Gasteiger partial charge in [-0.3, -0.25) is 4.79 Å². The van der Waals surface area contributed by atoms with Crippen LogP contribution >= 0.6 is 11.8 Å². The Morgan fingerprint density at radius 1 is 1.53 bits per heavy atom. The van der Waals surface area contributed by atoms with Crippen LogP contribution in [-0.4, -0.2) is 28.3 Å². The first kappa shape index (κ1) is 14.3. The fourth-order valence-electron chi connectivity index (χ4n) is 1.43. The van der Waals surface area contributed by atoms with Gasteiger partial charge >= 0.3 is 0 Å². The number of nitrogens with one attached hydrogen (secondary N) is 2. The fraction of sp³-hybridized carbons (Fsp3) is 0.667. The second-order valence-corrected chi connectivity index (χ2v) is 5.33. The molecule has 4 nitrogen and oxygen atoms in total. The van der Waals surface area contributed by atoms with Gasteiger partial charge in [0.15, 0.2) is 5.16 Å². The van der Waals surface area contributed by atoms with Gasteiger partial charge in [0.05, 0.1) is 0 Å². The van der Waals surface area contributed by atoms with Crippen LogP contribution in [0.2, 0.25) is 0 Å². The van der Waals surface area contributed by atoms with Crippen LogP contribution in [0, 0.1) is 0 Å². The molecule has 1 aromatic rings. The molecular formula is C12H21N3OS. The van der Waals surface area contributed by atoms with Crippen LogP contribution in [0.4, 0.5) is 0 Å². The van der Waals surface area contributed by atoms with E-state index in [1.165, 1.54) is 0 Å². The molecule has 0 aromatic carbocycles. The van der Waals surface area contributed by atoms with Gasteiger partial charge in [0.1, 0.15) is 0 Å². The average molecular weight is 255 g/mol. The number of nitrogens with zero attached hydrogens (tertiary/aromatic N) is 1. The van der Waals surface area contributed by atoms with Crippen LogP contribution in [0.15, 0.2) is 16.0 Å². The Morgan fingerprint density at radius 2 is 2.29 bits per heavy atom. The number of aromatic nitrogens is 2. The molecule has 0 aliphatic heterocycles. The molecule has 0 spiro atoms. The van der Waals surface area contributed by atoms with Gasteiger partial charge in [0, 0.05) is 30.1 Å².